The van der Waals surface area contributed by atoms with E-state index in [1.165, 1.54) is 37.6 Å². The Bertz CT molecular complexity index is 709. The number of carbonyl (C=O) groups is 2. The number of amides is 1. The fraction of sp³-hybridized carbons (Fsp3) is 0.769. The maximum Gasteiger partial charge on any atom is 0.222 e. The normalized spacial score (nSPS) is 28.1. The highest BCUT2D eigenvalue weighted by molar-refractivity contribution is 6.26. The summed E-state index contributed by atoms with van der Waals surface area (Å²) in [5, 5.41) is 10.0. The van der Waals surface area contributed by atoms with E-state index >= 15 is 0 Å². The number of ketones is 1. The fourth-order valence-electron chi connectivity index (χ4n) is 4.65. The first-order valence-corrected chi connectivity index (χ1v) is 12.9. The second-order valence-corrected chi connectivity index (χ2v) is 9.71. The van der Waals surface area contributed by atoms with E-state index in [1.807, 2.05) is 6.08 Å². The quantitative estimate of drug-likeness (QED) is 0.206. The number of rotatable bonds is 15. The van der Waals surface area contributed by atoms with Gasteiger partial charge in [-0.2, -0.15) is 0 Å². The van der Waals surface area contributed by atoms with Gasteiger partial charge >= 0.3 is 0 Å². The summed E-state index contributed by atoms with van der Waals surface area (Å²) in [5.41, 5.74) is 0.880. The summed E-state index contributed by atoms with van der Waals surface area (Å²) in [7, 11) is 3.47. The highest BCUT2D eigenvalue weighted by Gasteiger charge is 2.68. The molecule has 0 aromatic rings. The van der Waals surface area contributed by atoms with Crippen molar-refractivity contribution < 1.29 is 24.2 Å². The Morgan fingerprint density at radius 3 is 2.73 bits per heavy atom. The number of hydrogen-bond donors (Lipinski definition) is 1. The number of likely N-dealkylation sites (N-methyl/N-ethyl adjacent to an activating group) is 1. The van der Waals surface area contributed by atoms with Gasteiger partial charge in [-0.1, -0.05) is 69.7 Å². The fourth-order valence-corrected chi connectivity index (χ4v) is 4.88. The third kappa shape index (κ3) is 7.38. The van der Waals surface area contributed by atoms with Crippen molar-refractivity contribution in [2.24, 2.45) is 5.92 Å². The molecule has 1 saturated heterocycles. The van der Waals surface area contributed by atoms with Gasteiger partial charge in [-0.05, 0) is 19.3 Å². The molecule has 2 fully saturated rings. The minimum absolute atomic E-state index is 0.0141. The number of nitrogens with zero attached hydrogens (tertiary/aromatic N) is 1. The van der Waals surface area contributed by atoms with E-state index in [4.69, 9.17) is 21.1 Å². The molecule has 188 valence electrons. The minimum Gasteiger partial charge on any atom is -0.392 e. The highest BCUT2D eigenvalue weighted by atomic mass is 35.5. The largest absolute Gasteiger partial charge is 0.392 e. The number of methoxy groups -OCH3 is 1. The summed E-state index contributed by atoms with van der Waals surface area (Å²) in [6.07, 6.45) is 13.0. The standard InChI is InChI=1S/C26H42ClNO5/c1-5-6-7-8-10-13-21(32-4)14-11-9-12-15-24(30)28(3)18-20(17-27)26-23(33-26)16-22(29)19(2)25(26)31/h9,11,17,19,21-23,29H,5-8,10,12-16,18H2,1-4H3/b11-9+,20-17-/t19?,21-,22-,23?,26+/m0/s1. The summed E-state index contributed by atoms with van der Waals surface area (Å²) in [6.45, 7) is 4.17. The molecule has 1 aliphatic carbocycles. The van der Waals surface area contributed by atoms with Crippen molar-refractivity contribution in [3.8, 4) is 0 Å². The first-order valence-electron chi connectivity index (χ1n) is 12.4. The van der Waals surface area contributed by atoms with Crippen LogP contribution in [0, 0.1) is 5.92 Å². The Morgan fingerprint density at radius 1 is 1.33 bits per heavy atom. The van der Waals surface area contributed by atoms with E-state index in [0.29, 0.717) is 24.8 Å². The van der Waals surface area contributed by atoms with Gasteiger partial charge in [0.1, 0.15) is 6.10 Å². The Labute approximate surface area is 204 Å². The van der Waals surface area contributed by atoms with Gasteiger partial charge in [0.2, 0.25) is 5.91 Å². The molecule has 0 bridgehead atoms. The predicted molar refractivity (Wildman–Crippen MR) is 131 cm³/mol. The predicted octanol–water partition coefficient (Wildman–Crippen LogP) is 4.78. The van der Waals surface area contributed by atoms with Gasteiger partial charge in [0.15, 0.2) is 11.4 Å². The van der Waals surface area contributed by atoms with Crippen LogP contribution in [0.25, 0.3) is 0 Å². The van der Waals surface area contributed by atoms with Crippen LogP contribution in [-0.2, 0) is 19.1 Å². The van der Waals surface area contributed by atoms with E-state index in [1.54, 1.807) is 26.0 Å². The van der Waals surface area contributed by atoms with Crippen LogP contribution >= 0.6 is 11.6 Å². The zero-order chi connectivity index (χ0) is 24.4. The van der Waals surface area contributed by atoms with Crippen LogP contribution in [0.5, 0.6) is 0 Å². The zero-order valence-corrected chi connectivity index (χ0v) is 21.5. The van der Waals surface area contributed by atoms with Crippen LogP contribution in [-0.4, -0.2) is 66.3 Å². The molecule has 0 spiro atoms. The third-order valence-corrected chi connectivity index (χ3v) is 7.30. The smallest absolute Gasteiger partial charge is 0.222 e. The lowest BCUT2D eigenvalue weighted by atomic mass is 9.75. The monoisotopic (exact) mass is 483 g/mol. The Kier molecular flexibility index (Phi) is 11.6. The van der Waals surface area contributed by atoms with Crippen LogP contribution < -0.4 is 0 Å². The van der Waals surface area contributed by atoms with Gasteiger partial charge in [0.05, 0.1) is 12.2 Å². The van der Waals surface area contributed by atoms with Crippen LogP contribution in [0.2, 0.25) is 0 Å². The summed E-state index contributed by atoms with van der Waals surface area (Å²) in [6, 6.07) is 0. The zero-order valence-electron chi connectivity index (χ0n) is 20.7. The molecule has 1 N–H and O–H groups in total. The van der Waals surface area contributed by atoms with Crippen molar-refractivity contribution in [1.82, 2.24) is 4.90 Å². The topological polar surface area (TPSA) is 79.4 Å². The lowest BCUT2D eigenvalue weighted by molar-refractivity contribution is -0.132. The van der Waals surface area contributed by atoms with Gasteiger partial charge < -0.3 is 19.5 Å². The third-order valence-electron chi connectivity index (χ3n) is 7.03. The molecule has 2 unspecified atom stereocenters. The van der Waals surface area contributed by atoms with Crippen molar-refractivity contribution in [2.45, 2.75) is 102 Å². The molecule has 6 nitrogen and oxygen atoms in total. The number of halogens is 1. The van der Waals surface area contributed by atoms with E-state index in [0.717, 1.165) is 12.8 Å². The number of hydrogen-bond acceptors (Lipinski definition) is 5. The molecule has 33 heavy (non-hydrogen) atoms. The van der Waals surface area contributed by atoms with Crippen LogP contribution in [0.4, 0.5) is 0 Å². The number of aliphatic hydroxyl groups is 1. The number of carbonyl (C=O) groups excluding carboxylic acids is 2. The molecule has 1 aliphatic heterocycles. The molecule has 0 aromatic carbocycles. The number of unbranched alkanes of at least 4 members (excludes halogenated alkanes) is 4. The molecule has 1 saturated carbocycles. The van der Waals surface area contributed by atoms with Crippen molar-refractivity contribution >= 4 is 23.3 Å². The van der Waals surface area contributed by atoms with Gasteiger partial charge in [0.25, 0.3) is 0 Å². The lowest BCUT2D eigenvalue weighted by Gasteiger charge is -2.29. The number of epoxide rings is 1. The maximum atomic E-state index is 12.8. The summed E-state index contributed by atoms with van der Waals surface area (Å²) in [5.74, 6) is -0.673. The number of fused-ring (bicyclic) bond motifs is 1. The average molecular weight is 484 g/mol. The average Bonchev–Trinajstić information content (AvgIpc) is 3.53. The van der Waals surface area contributed by atoms with E-state index in [9.17, 15) is 14.7 Å². The van der Waals surface area contributed by atoms with Gasteiger partial charge in [-0.25, -0.2) is 0 Å². The Hall–Kier alpha value is -1.21. The van der Waals surface area contributed by atoms with Crippen molar-refractivity contribution in [3.63, 3.8) is 0 Å². The molecule has 1 amide bonds. The molecule has 0 aromatic heterocycles. The molecular weight excluding hydrogens is 442 g/mol. The molecule has 2 rings (SSSR count). The van der Waals surface area contributed by atoms with E-state index in [-0.39, 0.29) is 30.4 Å². The first kappa shape index (κ1) is 28.0. The Morgan fingerprint density at radius 2 is 2.06 bits per heavy atom. The number of allylic oxidation sites excluding steroid dienone is 1. The van der Waals surface area contributed by atoms with Crippen molar-refractivity contribution in [2.75, 3.05) is 20.7 Å². The van der Waals surface area contributed by atoms with Crippen molar-refractivity contribution in [3.05, 3.63) is 23.3 Å². The Balaban J connectivity index is 1.73. The molecule has 5 atom stereocenters. The summed E-state index contributed by atoms with van der Waals surface area (Å²) < 4.78 is 11.3. The molecule has 7 heteroatoms. The van der Waals surface area contributed by atoms with E-state index < -0.39 is 17.6 Å². The number of ether oxygens (including phenoxy) is 2. The molecule has 2 aliphatic rings. The van der Waals surface area contributed by atoms with Crippen LogP contribution in [0.3, 0.4) is 0 Å². The van der Waals surface area contributed by atoms with Crippen LogP contribution in [0.15, 0.2) is 23.3 Å². The van der Waals surface area contributed by atoms with Crippen LogP contribution in [0.1, 0.15) is 78.1 Å². The number of aliphatic hydroxyl groups excluding tert-OH is 1. The SMILES string of the molecule is CCCCCCC[C@@H](C/C=C/CCC(=O)N(C)C/C(=C/Cl)[C@@]12OC1C[C@H](O)C(C)C2=O)OC. The summed E-state index contributed by atoms with van der Waals surface area (Å²) >= 11 is 6.05. The van der Waals surface area contributed by atoms with Gasteiger partial charge in [0, 0.05) is 50.6 Å². The van der Waals surface area contributed by atoms with E-state index in [2.05, 4.69) is 13.0 Å². The maximum absolute atomic E-state index is 12.8. The van der Waals surface area contributed by atoms with Crippen molar-refractivity contribution in [1.29, 1.82) is 0 Å². The minimum atomic E-state index is -1.07. The highest BCUT2D eigenvalue weighted by Crippen LogP contribution is 2.52. The second-order valence-electron chi connectivity index (χ2n) is 9.49. The molecular formula is C26H42ClNO5. The van der Waals surface area contributed by atoms with Gasteiger partial charge in [-0.3, -0.25) is 9.59 Å². The second kappa shape index (κ2) is 13.6. The molecule has 0 radical (unpaired) electrons. The lowest BCUT2D eigenvalue weighted by Crippen LogP contribution is -2.46. The first-order chi connectivity index (χ1) is 15.8. The molecule has 1 heterocycles. The number of Topliss-reactive ketones (excluding diaryl/α,β-unsaturated/α-hetero) is 1. The van der Waals surface area contributed by atoms with Gasteiger partial charge in [-0.15, -0.1) is 0 Å². The summed E-state index contributed by atoms with van der Waals surface area (Å²) in [4.78, 5) is 27.0.